The maximum Gasteiger partial charge on any atom is 0.0174 e. The van der Waals surface area contributed by atoms with Crippen molar-refractivity contribution in [3.8, 4) is 0 Å². The summed E-state index contributed by atoms with van der Waals surface area (Å²) >= 11 is 4.14. The van der Waals surface area contributed by atoms with E-state index in [1.165, 1.54) is 6.42 Å². The number of allylic oxidation sites excluding steroid dienone is 2. The topological polar surface area (TPSA) is 26.0 Å². The van der Waals surface area contributed by atoms with Crippen molar-refractivity contribution in [2.75, 3.05) is 0 Å². The smallest absolute Gasteiger partial charge is 0.0174 e. The van der Waals surface area contributed by atoms with E-state index in [-0.39, 0.29) is 0 Å². The molecule has 1 aliphatic carbocycles. The van der Waals surface area contributed by atoms with Gasteiger partial charge in [0.25, 0.3) is 0 Å². The molecule has 0 spiro atoms. The lowest BCUT2D eigenvalue weighted by Crippen LogP contribution is -1.91. The van der Waals surface area contributed by atoms with E-state index in [1.54, 1.807) is 0 Å². The molecular formula is C5H9NS. The Morgan fingerprint density at radius 2 is 2.14 bits per heavy atom. The van der Waals surface area contributed by atoms with Crippen LogP contribution >= 0.6 is 12.6 Å². The highest BCUT2D eigenvalue weighted by Crippen LogP contribution is 2.23. The van der Waals surface area contributed by atoms with Crippen LogP contribution in [0, 0.1) is 0 Å². The molecule has 1 aliphatic rings. The number of hydrogen-bond donors (Lipinski definition) is 2. The molecule has 2 N–H and O–H groups in total. The van der Waals surface area contributed by atoms with Gasteiger partial charge in [-0.3, -0.25) is 0 Å². The van der Waals surface area contributed by atoms with Crippen molar-refractivity contribution in [1.82, 2.24) is 0 Å². The third-order valence-corrected chi connectivity index (χ3v) is 1.74. The average molecular weight is 115 g/mol. The zero-order valence-corrected chi connectivity index (χ0v) is 5.04. The molecule has 40 valence electrons. The zero-order chi connectivity index (χ0) is 5.28. The standard InChI is InChI=1S/C5H9NS/c6-4-2-1-3-5(4)7/h7H,1-3,6H2. The van der Waals surface area contributed by atoms with Crippen LogP contribution in [-0.2, 0) is 0 Å². The summed E-state index contributed by atoms with van der Waals surface area (Å²) in [6.07, 6.45) is 3.35. The molecule has 2 heteroatoms. The van der Waals surface area contributed by atoms with Crippen LogP contribution in [0.25, 0.3) is 0 Å². The molecule has 0 unspecified atom stereocenters. The van der Waals surface area contributed by atoms with Gasteiger partial charge in [0, 0.05) is 10.6 Å². The Morgan fingerprint density at radius 3 is 2.29 bits per heavy atom. The van der Waals surface area contributed by atoms with E-state index in [9.17, 15) is 0 Å². The first-order valence-corrected chi connectivity index (χ1v) is 2.92. The molecule has 0 fully saturated rings. The zero-order valence-electron chi connectivity index (χ0n) is 4.15. The van der Waals surface area contributed by atoms with Gasteiger partial charge in [0.15, 0.2) is 0 Å². The van der Waals surface area contributed by atoms with Crippen LogP contribution in [0.1, 0.15) is 19.3 Å². The normalized spacial score (nSPS) is 21.3. The van der Waals surface area contributed by atoms with Crippen LogP contribution in [0.15, 0.2) is 10.6 Å². The van der Waals surface area contributed by atoms with Gasteiger partial charge in [0.2, 0.25) is 0 Å². The molecule has 0 bridgehead atoms. The van der Waals surface area contributed by atoms with Gasteiger partial charge in [-0.25, -0.2) is 0 Å². The van der Waals surface area contributed by atoms with E-state index in [0.717, 1.165) is 23.4 Å². The Hall–Kier alpha value is -0.110. The van der Waals surface area contributed by atoms with E-state index in [0.29, 0.717) is 0 Å². The second-order valence-corrected chi connectivity index (χ2v) is 2.37. The van der Waals surface area contributed by atoms with Gasteiger partial charge < -0.3 is 5.73 Å². The van der Waals surface area contributed by atoms with Crippen molar-refractivity contribution in [3.63, 3.8) is 0 Å². The van der Waals surface area contributed by atoms with Gasteiger partial charge in [0.05, 0.1) is 0 Å². The number of hydrogen-bond acceptors (Lipinski definition) is 2. The molecule has 0 saturated carbocycles. The average Bonchev–Trinajstić information content (AvgIpc) is 1.91. The minimum Gasteiger partial charge on any atom is -0.401 e. The second kappa shape index (κ2) is 1.78. The van der Waals surface area contributed by atoms with E-state index in [2.05, 4.69) is 12.6 Å². The first-order valence-electron chi connectivity index (χ1n) is 2.47. The lowest BCUT2D eigenvalue weighted by Gasteiger charge is -1.87. The van der Waals surface area contributed by atoms with Crippen LogP contribution in [0.5, 0.6) is 0 Å². The first-order chi connectivity index (χ1) is 3.30. The Balaban J connectivity index is 2.64. The SMILES string of the molecule is NC1=C(S)CCC1. The minimum absolute atomic E-state index is 0.989. The van der Waals surface area contributed by atoms with Crippen LogP contribution in [0.2, 0.25) is 0 Å². The first kappa shape index (κ1) is 5.04. The molecule has 1 rings (SSSR count). The highest BCUT2D eigenvalue weighted by molar-refractivity contribution is 7.84. The third kappa shape index (κ3) is 0.911. The van der Waals surface area contributed by atoms with E-state index < -0.39 is 0 Å². The van der Waals surface area contributed by atoms with E-state index in [4.69, 9.17) is 5.73 Å². The molecule has 0 saturated heterocycles. The molecular weight excluding hydrogens is 106 g/mol. The molecule has 0 radical (unpaired) electrons. The third-order valence-electron chi connectivity index (χ3n) is 1.23. The summed E-state index contributed by atoms with van der Waals surface area (Å²) in [4.78, 5) is 1.10. The summed E-state index contributed by atoms with van der Waals surface area (Å²) in [5.74, 6) is 0. The summed E-state index contributed by atoms with van der Waals surface area (Å²) in [7, 11) is 0. The Morgan fingerprint density at radius 1 is 1.43 bits per heavy atom. The van der Waals surface area contributed by atoms with Gasteiger partial charge in [-0.2, -0.15) is 0 Å². The van der Waals surface area contributed by atoms with Gasteiger partial charge in [-0.15, -0.1) is 12.6 Å². The summed E-state index contributed by atoms with van der Waals surface area (Å²) in [6.45, 7) is 0. The lowest BCUT2D eigenvalue weighted by molar-refractivity contribution is 0.898. The van der Waals surface area contributed by atoms with Gasteiger partial charge in [-0.1, -0.05) is 0 Å². The summed E-state index contributed by atoms with van der Waals surface area (Å²) in [5, 5.41) is 0. The van der Waals surface area contributed by atoms with Crippen molar-refractivity contribution in [2.24, 2.45) is 5.73 Å². The monoisotopic (exact) mass is 115 g/mol. The maximum absolute atomic E-state index is 5.48. The summed E-state index contributed by atoms with van der Waals surface area (Å²) in [6, 6.07) is 0. The number of nitrogens with two attached hydrogens (primary N) is 1. The predicted octanol–water partition coefficient (Wildman–Crippen LogP) is 1.27. The van der Waals surface area contributed by atoms with Crippen molar-refractivity contribution >= 4 is 12.6 Å². The highest BCUT2D eigenvalue weighted by atomic mass is 32.1. The van der Waals surface area contributed by atoms with Gasteiger partial charge in [0.1, 0.15) is 0 Å². The van der Waals surface area contributed by atoms with Crippen LogP contribution in [-0.4, -0.2) is 0 Å². The van der Waals surface area contributed by atoms with Crippen molar-refractivity contribution < 1.29 is 0 Å². The Kier molecular flexibility index (Phi) is 1.28. The fourth-order valence-electron chi connectivity index (χ4n) is 0.751. The Bertz CT molecular complexity index is 94.6. The van der Waals surface area contributed by atoms with E-state index in [1.807, 2.05) is 0 Å². The summed E-state index contributed by atoms with van der Waals surface area (Å²) in [5.41, 5.74) is 6.47. The van der Waals surface area contributed by atoms with Crippen LogP contribution in [0.4, 0.5) is 0 Å². The molecule has 0 amide bonds. The largest absolute Gasteiger partial charge is 0.401 e. The highest BCUT2D eigenvalue weighted by Gasteiger charge is 2.05. The van der Waals surface area contributed by atoms with Crippen LogP contribution < -0.4 is 5.73 Å². The molecule has 0 aliphatic heterocycles. The van der Waals surface area contributed by atoms with Crippen molar-refractivity contribution in [1.29, 1.82) is 0 Å². The number of thiol groups is 1. The van der Waals surface area contributed by atoms with Gasteiger partial charge >= 0.3 is 0 Å². The molecule has 0 aromatic carbocycles. The molecule has 0 atom stereocenters. The molecule has 0 aromatic heterocycles. The molecule has 0 heterocycles. The molecule has 0 aromatic rings. The van der Waals surface area contributed by atoms with E-state index >= 15 is 0 Å². The lowest BCUT2D eigenvalue weighted by atomic mass is 10.3. The van der Waals surface area contributed by atoms with Crippen molar-refractivity contribution in [2.45, 2.75) is 19.3 Å². The second-order valence-electron chi connectivity index (χ2n) is 1.83. The van der Waals surface area contributed by atoms with Crippen molar-refractivity contribution in [3.05, 3.63) is 10.6 Å². The number of rotatable bonds is 0. The predicted molar refractivity (Wildman–Crippen MR) is 34.1 cm³/mol. The molecule has 1 nitrogen and oxygen atoms in total. The maximum atomic E-state index is 5.48. The molecule has 7 heavy (non-hydrogen) atoms. The summed E-state index contributed by atoms with van der Waals surface area (Å²) < 4.78 is 0. The van der Waals surface area contributed by atoms with Gasteiger partial charge in [-0.05, 0) is 19.3 Å². The Labute approximate surface area is 49.0 Å². The fraction of sp³-hybridized carbons (Fsp3) is 0.600. The fourth-order valence-corrected chi connectivity index (χ4v) is 1.02. The minimum atomic E-state index is 0.989. The quantitative estimate of drug-likeness (QED) is 0.457. The van der Waals surface area contributed by atoms with Crippen LogP contribution in [0.3, 0.4) is 0 Å².